The topological polar surface area (TPSA) is 108 Å². The minimum atomic E-state index is -1.30. The number of halogens is 1. The number of rotatable bonds is 5. The van der Waals surface area contributed by atoms with Gasteiger partial charge in [-0.1, -0.05) is 0 Å². The third kappa shape index (κ3) is 2.97. The number of aromatic carboxylic acids is 1. The minimum Gasteiger partial charge on any atom is -0.477 e. The molecule has 3 heterocycles. The van der Waals surface area contributed by atoms with Gasteiger partial charge in [-0.2, -0.15) is 0 Å². The summed E-state index contributed by atoms with van der Waals surface area (Å²) in [5.41, 5.74) is 7.35. The van der Waals surface area contributed by atoms with Crippen molar-refractivity contribution in [3.8, 4) is 0 Å². The van der Waals surface area contributed by atoms with Crippen molar-refractivity contribution in [1.29, 1.82) is 0 Å². The number of aliphatic hydroxyl groups excluding tert-OH is 1. The number of hydrogen-bond acceptors (Lipinski definition) is 5. The molecule has 0 bridgehead atoms. The number of aryl methyl sites for hydroxylation is 1. The van der Waals surface area contributed by atoms with Crippen LogP contribution in [0.3, 0.4) is 0 Å². The van der Waals surface area contributed by atoms with Gasteiger partial charge in [0.15, 0.2) is 5.82 Å². The Morgan fingerprint density at radius 1 is 1.39 bits per heavy atom. The number of carboxylic acid groups (broad SMARTS) is 1. The van der Waals surface area contributed by atoms with Crippen molar-refractivity contribution in [2.45, 2.75) is 38.1 Å². The summed E-state index contributed by atoms with van der Waals surface area (Å²) in [4.78, 5) is 26.0. The van der Waals surface area contributed by atoms with Crippen molar-refractivity contribution in [2.24, 2.45) is 11.7 Å². The average molecular weight is 389 g/mol. The van der Waals surface area contributed by atoms with Gasteiger partial charge in [-0.05, 0) is 55.2 Å². The van der Waals surface area contributed by atoms with Crippen LogP contribution in [0.5, 0.6) is 0 Å². The lowest BCUT2D eigenvalue weighted by Crippen LogP contribution is -2.36. The molecule has 4 N–H and O–H groups in total. The molecule has 1 aliphatic carbocycles. The maximum atomic E-state index is 15.1. The van der Waals surface area contributed by atoms with Gasteiger partial charge in [0.05, 0.1) is 24.0 Å². The molecule has 1 aliphatic heterocycles. The Hall–Kier alpha value is -2.45. The van der Waals surface area contributed by atoms with E-state index in [-0.39, 0.29) is 30.0 Å². The van der Waals surface area contributed by atoms with Crippen molar-refractivity contribution in [1.82, 2.24) is 4.40 Å². The molecule has 0 aromatic carbocycles. The van der Waals surface area contributed by atoms with Gasteiger partial charge in [0.25, 0.3) is 5.56 Å². The number of pyridine rings is 2. The first-order valence-corrected chi connectivity index (χ1v) is 9.56. The first-order valence-electron chi connectivity index (χ1n) is 9.56. The summed E-state index contributed by atoms with van der Waals surface area (Å²) in [6.07, 6.45) is 3.72. The molecule has 8 heteroatoms. The SMILES string of the molecule is Cc1c(N2CC[C@@H](C(N)CO)C2)c(F)cn2c(=O)c(C(=O)O)cc(C3CC3)c12. The summed E-state index contributed by atoms with van der Waals surface area (Å²) in [5.74, 6) is -1.60. The molecule has 28 heavy (non-hydrogen) atoms. The van der Waals surface area contributed by atoms with E-state index in [0.29, 0.717) is 29.9 Å². The van der Waals surface area contributed by atoms with Crippen molar-refractivity contribution >= 4 is 17.2 Å². The van der Waals surface area contributed by atoms with Crippen LogP contribution < -0.4 is 16.2 Å². The van der Waals surface area contributed by atoms with Crippen molar-refractivity contribution in [2.75, 3.05) is 24.6 Å². The number of hydrogen-bond donors (Lipinski definition) is 3. The van der Waals surface area contributed by atoms with Gasteiger partial charge in [-0.15, -0.1) is 0 Å². The van der Waals surface area contributed by atoms with Crippen LogP contribution in [-0.4, -0.2) is 46.3 Å². The highest BCUT2D eigenvalue weighted by molar-refractivity contribution is 5.89. The van der Waals surface area contributed by atoms with Gasteiger partial charge in [-0.3, -0.25) is 9.20 Å². The highest BCUT2D eigenvalue weighted by atomic mass is 19.1. The number of carboxylic acids is 1. The van der Waals surface area contributed by atoms with Crippen LogP contribution in [0.4, 0.5) is 10.1 Å². The minimum absolute atomic E-state index is 0.0690. The van der Waals surface area contributed by atoms with Crippen molar-refractivity contribution in [3.63, 3.8) is 0 Å². The van der Waals surface area contributed by atoms with Gasteiger partial charge in [0.1, 0.15) is 5.56 Å². The van der Waals surface area contributed by atoms with Gasteiger partial charge in [-0.25, -0.2) is 9.18 Å². The molecule has 1 saturated carbocycles. The largest absolute Gasteiger partial charge is 0.477 e. The smallest absolute Gasteiger partial charge is 0.341 e. The molecule has 2 aliphatic rings. The molecule has 2 aromatic rings. The zero-order valence-electron chi connectivity index (χ0n) is 15.7. The summed E-state index contributed by atoms with van der Waals surface area (Å²) >= 11 is 0. The van der Waals surface area contributed by atoms with E-state index in [9.17, 15) is 19.8 Å². The molecule has 7 nitrogen and oxygen atoms in total. The normalized spacial score (nSPS) is 20.7. The monoisotopic (exact) mass is 389 g/mol. The number of fused-ring (bicyclic) bond motifs is 1. The van der Waals surface area contributed by atoms with Crippen molar-refractivity contribution < 1.29 is 19.4 Å². The highest BCUT2D eigenvalue weighted by Crippen LogP contribution is 2.44. The van der Waals surface area contributed by atoms with Crippen molar-refractivity contribution in [3.05, 3.63) is 45.1 Å². The van der Waals surface area contributed by atoms with E-state index in [1.165, 1.54) is 6.07 Å². The fraction of sp³-hybridized carbons (Fsp3) is 0.500. The molecule has 1 unspecified atom stereocenters. The number of nitrogens with zero attached hydrogens (tertiary/aromatic N) is 2. The van der Waals surface area contributed by atoms with E-state index in [4.69, 9.17) is 5.73 Å². The second-order valence-electron chi connectivity index (χ2n) is 7.91. The predicted molar refractivity (Wildman–Crippen MR) is 103 cm³/mol. The van der Waals surface area contributed by atoms with Gasteiger partial charge in [0, 0.05) is 19.1 Å². The van der Waals surface area contributed by atoms with E-state index >= 15 is 4.39 Å². The maximum absolute atomic E-state index is 15.1. The van der Waals surface area contributed by atoms with E-state index < -0.39 is 17.3 Å². The number of aromatic nitrogens is 1. The van der Waals surface area contributed by atoms with Crippen LogP contribution in [0, 0.1) is 18.7 Å². The summed E-state index contributed by atoms with van der Waals surface area (Å²) in [6, 6.07) is 1.11. The number of carbonyl (C=O) groups is 1. The van der Waals surface area contributed by atoms with Gasteiger partial charge < -0.3 is 20.8 Å². The Bertz CT molecular complexity index is 1010. The number of anilines is 1. The number of aliphatic hydroxyl groups is 1. The summed E-state index contributed by atoms with van der Waals surface area (Å²) in [6.45, 7) is 2.81. The summed E-state index contributed by atoms with van der Waals surface area (Å²) in [7, 11) is 0. The molecule has 0 radical (unpaired) electrons. The Morgan fingerprint density at radius 3 is 2.71 bits per heavy atom. The second-order valence-corrected chi connectivity index (χ2v) is 7.91. The van der Waals surface area contributed by atoms with Crippen LogP contribution >= 0.6 is 0 Å². The zero-order chi connectivity index (χ0) is 20.2. The third-order valence-corrected chi connectivity index (χ3v) is 6.05. The van der Waals surface area contributed by atoms with Crippen LogP contribution in [0.1, 0.15) is 46.7 Å². The molecule has 1 saturated heterocycles. The van der Waals surface area contributed by atoms with E-state index in [1.807, 2.05) is 4.90 Å². The van der Waals surface area contributed by atoms with E-state index in [2.05, 4.69) is 0 Å². The fourth-order valence-electron chi connectivity index (χ4n) is 4.38. The Morgan fingerprint density at radius 2 is 2.11 bits per heavy atom. The average Bonchev–Trinajstić information content (AvgIpc) is 3.39. The standard InChI is InChI=1S/C20H24FN3O4/c1-10-17-13(11-2-3-11)6-14(20(27)28)19(26)24(17)8-15(21)18(10)23-5-4-12(7-23)16(22)9-25/h6,8,11-12,16,25H,2-5,7,9,22H2,1H3,(H,27,28)/t12-,16?/m1/s1. The molecule has 0 amide bonds. The molecular formula is C20H24FN3O4. The lowest BCUT2D eigenvalue weighted by molar-refractivity contribution is 0.0694. The first kappa shape index (κ1) is 18.9. The third-order valence-electron chi connectivity index (χ3n) is 6.05. The predicted octanol–water partition coefficient (Wildman–Crippen LogP) is 1.47. The molecule has 0 spiro atoms. The second kappa shape index (κ2) is 6.86. The Labute approximate surface area is 161 Å². The lowest BCUT2D eigenvalue weighted by atomic mass is 10.0. The Balaban J connectivity index is 1.89. The lowest BCUT2D eigenvalue weighted by Gasteiger charge is -2.25. The molecular weight excluding hydrogens is 365 g/mol. The molecule has 150 valence electrons. The van der Waals surface area contributed by atoms with Gasteiger partial charge >= 0.3 is 5.97 Å². The fourth-order valence-corrected chi connectivity index (χ4v) is 4.38. The summed E-state index contributed by atoms with van der Waals surface area (Å²) < 4.78 is 16.2. The van der Waals surface area contributed by atoms with E-state index in [0.717, 1.165) is 35.4 Å². The zero-order valence-corrected chi connectivity index (χ0v) is 15.7. The number of nitrogens with two attached hydrogens (primary N) is 1. The van der Waals surface area contributed by atoms with Crippen LogP contribution in [0.25, 0.3) is 5.52 Å². The van der Waals surface area contributed by atoms with Crippen LogP contribution in [-0.2, 0) is 0 Å². The molecule has 2 atom stereocenters. The first-order chi connectivity index (χ1) is 13.3. The maximum Gasteiger partial charge on any atom is 0.341 e. The van der Waals surface area contributed by atoms with E-state index in [1.54, 1.807) is 6.92 Å². The van der Waals surface area contributed by atoms with Crippen LogP contribution in [0.2, 0.25) is 0 Å². The van der Waals surface area contributed by atoms with Gasteiger partial charge in [0.2, 0.25) is 0 Å². The quantitative estimate of drug-likeness (QED) is 0.715. The Kier molecular flexibility index (Phi) is 4.63. The highest BCUT2D eigenvalue weighted by Gasteiger charge is 2.33. The van der Waals surface area contributed by atoms with Crippen LogP contribution in [0.15, 0.2) is 17.1 Å². The molecule has 4 rings (SSSR count). The molecule has 2 fully saturated rings. The summed E-state index contributed by atoms with van der Waals surface area (Å²) in [5, 5.41) is 18.7. The molecule has 2 aromatic heterocycles.